The molecule has 0 saturated carbocycles. The molecule has 0 aliphatic rings. The first-order chi connectivity index (χ1) is 9.38. The monoisotopic (exact) mass is 272 g/mol. The number of nitrogens with zero attached hydrogens (tertiary/aromatic N) is 2. The lowest BCUT2D eigenvalue weighted by molar-refractivity contribution is -0.119. The highest BCUT2D eigenvalue weighted by molar-refractivity contribution is 5.94. The van der Waals surface area contributed by atoms with E-state index in [1.807, 2.05) is 51.1 Å². The molecule has 2 rings (SSSR count). The lowest BCUT2D eigenvalue weighted by Gasteiger charge is -2.25. The van der Waals surface area contributed by atoms with Gasteiger partial charge in [-0.05, 0) is 17.5 Å². The second-order valence-electron chi connectivity index (χ2n) is 5.81. The number of hydrogen-bond acceptors (Lipinski definition) is 3. The van der Waals surface area contributed by atoms with Gasteiger partial charge < -0.3 is 11.1 Å². The van der Waals surface area contributed by atoms with E-state index in [1.54, 1.807) is 16.9 Å². The molecule has 0 aliphatic carbocycles. The molecule has 1 atom stereocenters. The molecular formula is C15H20N4O. The second kappa shape index (κ2) is 5.46. The third kappa shape index (κ3) is 3.24. The summed E-state index contributed by atoms with van der Waals surface area (Å²) in [6, 6.07) is 10.9. The van der Waals surface area contributed by atoms with Crippen molar-refractivity contribution in [2.75, 3.05) is 5.32 Å². The predicted molar refractivity (Wildman–Crippen MR) is 79.6 cm³/mol. The first-order valence-electron chi connectivity index (χ1n) is 6.55. The Hall–Kier alpha value is -2.14. The molecule has 1 amide bonds. The number of amides is 1. The van der Waals surface area contributed by atoms with Gasteiger partial charge in [-0.15, -0.1) is 0 Å². The number of carbonyl (C=O) groups is 1. The molecule has 20 heavy (non-hydrogen) atoms. The van der Waals surface area contributed by atoms with Gasteiger partial charge in [0.2, 0.25) is 5.91 Å². The fraction of sp³-hybridized carbons (Fsp3) is 0.333. The van der Waals surface area contributed by atoms with Gasteiger partial charge in [0.25, 0.3) is 0 Å². The van der Waals surface area contributed by atoms with Crippen LogP contribution in [0.4, 0.5) is 5.82 Å². The van der Waals surface area contributed by atoms with Crippen molar-refractivity contribution in [3.05, 3.63) is 42.6 Å². The van der Waals surface area contributed by atoms with Gasteiger partial charge in [0.05, 0.1) is 11.7 Å². The van der Waals surface area contributed by atoms with E-state index in [2.05, 4.69) is 10.4 Å². The van der Waals surface area contributed by atoms with Gasteiger partial charge in [0.1, 0.15) is 0 Å². The maximum absolute atomic E-state index is 12.0. The number of rotatable bonds is 3. The highest BCUT2D eigenvalue weighted by atomic mass is 16.2. The Kier molecular flexibility index (Phi) is 3.90. The summed E-state index contributed by atoms with van der Waals surface area (Å²) in [7, 11) is 0. The number of anilines is 1. The van der Waals surface area contributed by atoms with Crippen LogP contribution in [0.15, 0.2) is 42.6 Å². The molecule has 0 unspecified atom stereocenters. The van der Waals surface area contributed by atoms with Crippen LogP contribution in [0, 0.1) is 5.41 Å². The number of aromatic nitrogens is 2. The molecule has 2 aromatic rings. The number of para-hydroxylation sites is 1. The van der Waals surface area contributed by atoms with Crippen LogP contribution in [0.25, 0.3) is 5.69 Å². The standard InChI is InChI=1S/C15H20N4O/c1-15(2,3)13(16)14(20)17-12-9-10-19(18-12)11-7-5-4-6-8-11/h4-10,13H,16H2,1-3H3,(H,17,18,20)/t13-/m1/s1. The van der Waals surface area contributed by atoms with Crippen molar-refractivity contribution in [1.82, 2.24) is 9.78 Å². The lowest BCUT2D eigenvalue weighted by atomic mass is 9.87. The Labute approximate surface area is 118 Å². The molecule has 106 valence electrons. The zero-order valence-corrected chi connectivity index (χ0v) is 12.0. The van der Waals surface area contributed by atoms with Crippen LogP contribution in [0.1, 0.15) is 20.8 Å². The molecule has 3 N–H and O–H groups in total. The van der Waals surface area contributed by atoms with Crippen LogP contribution < -0.4 is 11.1 Å². The maximum atomic E-state index is 12.0. The zero-order valence-electron chi connectivity index (χ0n) is 12.0. The number of benzene rings is 1. The van der Waals surface area contributed by atoms with Crippen molar-refractivity contribution in [3.63, 3.8) is 0 Å². The minimum absolute atomic E-state index is 0.226. The van der Waals surface area contributed by atoms with E-state index in [0.29, 0.717) is 5.82 Å². The van der Waals surface area contributed by atoms with Crippen molar-refractivity contribution in [1.29, 1.82) is 0 Å². The van der Waals surface area contributed by atoms with Crippen molar-refractivity contribution in [2.24, 2.45) is 11.1 Å². The van der Waals surface area contributed by atoms with E-state index in [4.69, 9.17) is 5.73 Å². The fourth-order valence-corrected chi connectivity index (χ4v) is 1.71. The van der Waals surface area contributed by atoms with Crippen molar-refractivity contribution in [3.8, 4) is 5.69 Å². The first kappa shape index (κ1) is 14.3. The third-order valence-electron chi connectivity index (χ3n) is 3.08. The van der Waals surface area contributed by atoms with Gasteiger partial charge in [0, 0.05) is 12.3 Å². The Morgan fingerprint density at radius 1 is 1.25 bits per heavy atom. The molecule has 0 bridgehead atoms. The average molecular weight is 272 g/mol. The highest BCUT2D eigenvalue weighted by Gasteiger charge is 2.27. The zero-order chi connectivity index (χ0) is 14.8. The quantitative estimate of drug-likeness (QED) is 0.899. The average Bonchev–Trinajstić information content (AvgIpc) is 2.86. The van der Waals surface area contributed by atoms with Gasteiger partial charge in [-0.25, -0.2) is 4.68 Å². The number of hydrogen-bond donors (Lipinski definition) is 2. The Morgan fingerprint density at radius 3 is 2.50 bits per heavy atom. The Balaban J connectivity index is 2.09. The topological polar surface area (TPSA) is 72.9 Å². The summed E-state index contributed by atoms with van der Waals surface area (Å²) in [6.07, 6.45) is 1.80. The van der Waals surface area contributed by atoms with Crippen LogP contribution in [-0.2, 0) is 4.79 Å². The van der Waals surface area contributed by atoms with Crippen LogP contribution >= 0.6 is 0 Å². The molecule has 1 aromatic carbocycles. The first-order valence-corrected chi connectivity index (χ1v) is 6.55. The minimum atomic E-state index is -0.579. The molecule has 1 heterocycles. The smallest absolute Gasteiger partial charge is 0.243 e. The van der Waals surface area contributed by atoms with Crippen molar-refractivity contribution < 1.29 is 4.79 Å². The molecule has 5 nitrogen and oxygen atoms in total. The van der Waals surface area contributed by atoms with E-state index >= 15 is 0 Å². The van der Waals surface area contributed by atoms with E-state index in [9.17, 15) is 4.79 Å². The molecule has 0 fully saturated rings. The van der Waals surface area contributed by atoms with Gasteiger partial charge in [-0.3, -0.25) is 4.79 Å². The minimum Gasteiger partial charge on any atom is -0.319 e. The van der Waals surface area contributed by atoms with Gasteiger partial charge >= 0.3 is 0 Å². The van der Waals surface area contributed by atoms with Crippen LogP contribution in [-0.4, -0.2) is 21.7 Å². The summed E-state index contributed by atoms with van der Waals surface area (Å²) in [5.41, 5.74) is 6.57. The molecule has 0 aliphatic heterocycles. The van der Waals surface area contributed by atoms with Crippen molar-refractivity contribution in [2.45, 2.75) is 26.8 Å². The number of nitrogens with one attached hydrogen (secondary N) is 1. The van der Waals surface area contributed by atoms with E-state index in [1.165, 1.54) is 0 Å². The van der Waals surface area contributed by atoms with Crippen LogP contribution in [0.3, 0.4) is 0 Å². The van der Waals surface area contributed by atoms with Gasteiger partial charge in [0.15, 0.2) is 5.82 Å². The lowest BCUT2D eigenvalue weighted by Crippen LogP contribution is -2.45. The molecule has 5 heteroatoms. The van der Waals surface area contributed by atoms with E-state index in [0.717, 1.165) is 5.69 Å². The Bertz CT molecular complexity index is 583. The molecule has 0 spiro atoms. The summed E-state index contributed by atoms with van der Waals surface area (Å²) in [5, 5.41) is 7.06. The summed E-state index contributed by atoms with van der Waals surface area (Å²) < 4.78 is 1.71. The van der Waals surface area contributed by atoms with E-state index < -0.39 is 6.04 Å². The predicted octanol–water partition coefficient (Wildman–Crippen LogP) is 2.18. The normalized spacial score (nSPS) is 13.0. The maximum Gasteiger partial charge on any atom is 0.243 e. The fourth-order valence-electron chi connectivity index (χ4n) is 1.71. The third-order valence-corrected chi connectivity index (χ3v) is 3.08. The SMILES string of the molecule is CC(C)(C)[C@H](N)C(=O)Nc1ccn(-c2ccccc2)n1. The molecule has 1 aromatic heterocycles. The Morgan fingerprint density at radius 2 is 1.90 bits per heavy atom. The molecule has 0 saturated heterocycles. The van der Waals surface area contributed by atoms with E-state index in [-0.39, 0.29) is 11.3 Å². The van der Waals surface area contributed by atoms with Crippen LogP contribution in [0.2, 0.25) is 0 Å². The molecule has 0 radical (unpaired) electrons. The summed E-state index contributed by atoms with van der Waals surface area (Å²) in [4.78, 5) is 12.0. The second-order valence-corrected chi connectivity index (χ2v) is 5.81. The summed E-state index contributed by atoms with van der Waals surface area (Å²) in [5.74, 6) is 0.273. The largest absolute Gasteiger partial charge is 0.319 e. The summed E-state index contributed by atoms with van der Waals surface area (Å²) in [6.45, 7) is 5.79. The molecular weight excluding hydrogens is 252 g/mol. The van der Waals surface area contributed by atoms with Gasteiger partial charge in [-0.1, -0.05) is 39.0 Å². The highest BCUT2D eigenvalue weighted by Crippen LogP contribution is 2.18. The van der Waals surface area contributed by atoms with Gasteiger partial charge in [-0.2, -0.15) is 5.10 Å². The number of nitrogens with two attached hydrogens (primary N) is 1. The summed E-state index contributed by atoms with van der Waals surface area (Å²) >= 11 is 0. The number of carbonyl (C=O) groups excluding carboxylic acids is 1. The van der Waals surface area contributed by atoms with Crippen molar-refractivity contribution >= 4 is 11.7 Å². The van der Waals surface area contributed by atoms with Crippen LogP contribution in [0.5, 0.6) is 0 Å².